The third-order valence-electron chi connectivity index (χ3n) is 5.79. The number of nitrogens with zero attached hydrogens (tertiary/aromatic N) is 3. The maximum Gasteiger partial charge on any atom is 0.418 e. The van der Waals surface area contributed by atoms with E-state index >= 15 is 0 Å². The Morgan fingerprint density at radius 2 is 1.88 bits per heavy atom. The van der Waals surface area contributed by atoms with Crippen LogP contribution in [0, 0.1) is 13.8 Å². The maximum atomic E-state index is 13.5. The summed E-state index contributed by atoms with van der Waals surface area (Å²) in [5.74, 6) is -1.82. The molecule has 0 saturated carbocycles. The number of sulfonamides is 1. The largest absolute Gasteiger partial charge is 0.436 e. The standard InChI is InChI=1S/C23H24N4O6S/c1-5-17-22(29)27(23(30)33-17)19(21(28)25-15-9-7-6-8-14(15)3)20-24-16-11-10-13(2)12-18(16)34(31,32)26(20)4/h6-12,17,19H,5H2,1-4H3,(H,25,28). The van der Waals surface area contributed by atoms with E-state index in [0.29, 0.717) is 16.2 Å². The Balaban J connectivity index is 1.87. The second kappa shape index (κ2) is 8.56. The van der Waals surface area contributed by atoms with Crippen molar-refractivity contribution in [1.82, 2.24) is 9.21 Å². The van der Waals surface area contributed by atoms with Gasteiger partial charge in [0.15, 0.2) is 18.0 Å². The van der Waals surface area contributed by atoms with E-state index in [2.05, 4.69) is 10.3 Å². The van der Waals surface area contributed by atoms with Crippen LogP contribution in [0.15, 0.2) is 52.4 Å². The highest BCUT2D eigenvalue weighted by atomic mass is 32.2. The number of carbonyl (C=O) groups is 3. The van der Waals surface area contributed by atoms with Crippen molar-refractivity contribution in [3.05, 3.63) is 53.6 Å². The number of anilines is 1. The van der Waals surface area contributed by atoms with Crippen LogP contribution in [0.5, 0.6) is 0 Å². The van der Waals surface area contributed by atoms with Crippen molar-refractivity contribution in [1.29, 1.82) is 0 Å². The lowest BCUT2D eigenvalue weighted by Gasteiger charge is -2.33. The Labute approximate surface area is 197 Å². The highest BCUT2D eigenvalue weighted by Gasteiger charge is 2.51. The van der Waals surface area contributed by atoms with Gasteiger partial charge in [-0.2, -0.15) is 0 Å². The van der Waals surface area contributed by atoms with Gasteiger partial charge in [-0.3, -0.25) is 13.9 Å². The van der Waals surface area contributed by atoms with Gasteiger partial charge in [-0.05, 0) is 49.6 Å². The van der Waals surface area contributed by atoms with Crippen molar-refractivity contribution in [2.45, 2.75) is 44.2 Å². The maximum absolute atomic E-state index is 13.5. The van der Waals surface area contributed by atoms with E-state index in [1.165, 1.54) is 19.2 Å². The van der Waals surface area contributed by atoms with E-state index in [1.807, 2.05) is 0 Å². The van der Waals surface area contributed by atoms with Crippen LogP contribution in [0.2, 0.25) is 0 Å². The number of para-hydroxylation sites is 1. The minimum Gasteiger partial charge on any atom is -0.436 e. The molecule has 34 heavy (non-hydrogen) atoms. The molecule has 2 aliphatic heterocycles. The molecule has 2 aromatic carbocycles. The molecule has 11 heteroatoms. The molecule has 0 spiro atoms. The lowest BCUT2D eigenvalue weighted by atomic mass is 10.1. The number of carbonyl (C=O) groups excluding carboxylic acids is 3. The Kier molecular flexibility index (Phi) is 5.90. The number of nitrogens with one attached hydrogen (secondary N) is 1. The Bertz CT molecular complexity index is 1340. The quantitative estimate of drug-likeness (QED) is 0.696. The van der Waals surface area contributed by atoms with Crippen molar-refractivity contribution in [2.75, 3.05) is 12.4 Å². The number of amides is 3. The molecule has 2 aromatic rings. The smallest absolute Gasteiger partial charge is 0.418 e. The molecule has 178 valence electrons. The zero-order chi connectivity index (χ0) is 24.8. The van der Waals surface area contributed by atoms with Crippen molar-refractivity contribution in [3.8, 4) is 0 Å². The van der Waals surface area contributed by atoms with Crippen LogP contribution < -0.4 is 5.32 Å². The summed E-state index contributed by atoms with van der Waals surface area (Å²) in [5.41, 5.74) is 2.01. The highest BCUT2D eigenvalue weighted by Crippen LogP contribution is 2.34. The summed E-state index contributed by atoms with van der Waals surface area (Å²) >= 11 is 0. The monoisotopic (exact) mass is 484 g/mol. The number of hydrogen-bond donors (Lipinski definition) is 1. The van der Waals surface area contributed by atoms with Gasteiger partial charge in [0.2, 0.25) is 0 Å². The lowest BCUT2D eigenvalue weighted by Crippen LogP contribution is -2.57. The summed E-state index contributed by atoms with van der Waals surface area (Å²) in [7, 11) is -2.87. The second-order valence-electron chi connectivity index (χ2n) is 8.11. The summed E-state index contributed by atoms with van der Waals surface area (Å²) in [6, 6.07) is 9.95. The second-order valence-corrected chi connectivity index (χ2v) is 10.0. The number of rotatable bonds is 5. The topological polar surface area (TPSA) is 125 Å². The van der Waals surface area contributed by atoms with Crippen LogP contribution in [-0.4, -0.2) is 60.6 Å². The molecule has 0 aliphatic carbocycles. The first-order valence-corrected chi connectivity index (χ1v) is 12.1. The summed E-state index contributed by atoms with van der Waals surface area (Å²) in [6.45, 7) is 5.19. The predicted molar refractivity (Wildman–Crippen MR) is 124 cm³/mol. The van der Waals surface area contributed by atoms with E-state index in [-0.39, 0.29) is 22.8 Å². The molecule has 10 nitrogen and oxygen atoms in total. The Morgan fingerprint density at radius 3 is 2.53 bits per heavy atom. The fourth-order valence-electron chi connectivity index (χ4n) is 3.85. The van der Waals surface area contributed by atoms with Gasteiger partial charge in [0, 0.05) is 12.7 Å². The molecule has 4 rings (SSSR count). The van der Waals surface area contributed by atoms with Crippen LogP contribution in [0.1, 0.15) is 24.5 Å². The van der Waals surface area contributed by atoms with E-state index < -0.39 is 40.1 Å². The van der Waals surface area contributed by atoms with E-state index in [1.54, 1.807) is 51.1 Å². The first-order valence-electron chi connectivity index (χ1n) is 10.6. The average molecular weight is 485 g/mol. The van der Waals surface area contributed by atoms with E-state index in [4.69, 9.17) is 4.74 Å². The zero-order valence-electron chi connectivity index (χ0n) is 19.1. The Morgan fingerprint density at radius 1 is 1.18 bits per heavy atom. The number of cyclic esters (lactones) is 1. The highest BCUT2D eigenvalue weighted by molar-refractivity contribution is 7.90. The minimum absolute atomic E-state index is 0.0291. The summed E-state index contributed by atoms with van der Waals surface area (Å²) < 4.78 is 32.6. The van der Waals surface area contributed by atoms with Gasteiger partial charge in [0.1, 0.15) is 4.90 Å². The van der Waals surface area contributed by atoms with Crippen LogP contribution in [-0.2, 0) is 24.3 Å². The minimum atomic E-state index is -4.10. The zero-order valence-corrected chi connectivity index (χ0v) is 19.9. The van der Waals surface area contributed by atoms with Crippen LogP contribution in [0.3, 0.4) is 0 Å². The summed E-state index contributed by atoms with van der Waals surface area (Å²) in [6.07, 6.45) is -1.90. The molecule has 1 N–H and O–H groups in total. The Hall–Kier alpha value is -3.73. The molecule has 0 radical (unpaired) electrons. The van der Waals surface area contributed by atoms with Crippen molar-refractivity contribution < 1.29 is 27.5 Å². The molecule has 0 aromatic heterocycles. The van der Waals surface area contributed by atoms with Gasteiger partial charge in [-0.15, -0.1) is 0 Å². The molecule has 3 amide bonds. The fourth-order valence-corrected chi connectivity index (χ4v) is 5.24. The number of aliphatic imine (C=N–C) groups is 1. The molecule has 2 aliphatic rings. The third-order valence-corrected chi connectivity index (χ3v) is 7.58. The summed E-state index contributed by atoms with van der Waals surface area (Å²) in [4.78, 5) is 44.3. The number of fused-ring (bicyclic) bond motifs is 1. The number of likely N-dealkylation sites (N-methyl/N-ethyl adjacent to an activating group) is 1. The number of imide groups is 1. The third kappa shape index (κ3) is 3.81. The molecule has 1 fully saturated rings. The molecular formula is C23H24N4O6S. The van der Waals surface area contributed by atoms with Crippen LogP contribution in [0.25, 0.3) is 0 Å². The van der Waals surface area contributed by atoms with Crippen LogP contribution in [0.4, 0.5) is 16.2 Å². The first-order chi connectivity index (χ1) is 16.1. The van der Waals surface area contributed by atoms with Gasteiger partial charge in [-0.1, -0.05) is 31.2 Å². The number of benzene rings is 2. The average Bonchev–Trinajstić information content (AvgIpc) is 3.07. The predicted octanol–water partition coefficient (Wildman–Crippen LogP) is 2.73. The van der Waals surface area contributed by atoms with Gasteiger partial charge < -0.3 is 10.1 Å². The number of ether oxygens (including phenoxy) is 1. The normalized spacial score (nSPS) is 19.9. The summed E-state index contributed by atoms with van der Waals surface area (Å²) in [5, 5.41) is 2.70. The number of amidine groups is 1. The molecule has 2 heterocycles. The van der Waals surface area contributed by atoms with E-state index in [9.17, 15) is 22.8 Å². The van der Waals surface area contributed by atoms with Crippen molar-refractivity contribution >= 4 is 45.1 Å². The number of hydrogen-bond acceptors (Lipinski definition) is 7. The molecule has 2 unspecified atom stereocenters. The van der Waals surface area contributed by atoms with Gasteiger partial charge in [0.25, 0.3) is 21.8 Å². The SMILES string of the molecule is CCC1OC(=O)N(C(C(=O)Nc2ccccc2C)C2=Nc3ccc(C)cc3S(=O)(=O)N2C)C1=O. The van der Waals surface area contributed by atoms with Gasteiger partial charge in [0.05, 0.1) is 5.69 Å². The first kappa shape index (κ1) is 23.4. The molecule has 1 saturated heterocycles. The molecule has 0 bridgehead atoms. The molecule has 2 atom stereocenters. The van der Waals surface area contributed by atoms with Crippen molar-refractivity contribution in [2.24, 2.45) is 4.99 Å². The molecular weight excluding hydrogens is 460 g/mol. The lowest BCUT2D eigenvalue weighted by molar-refractivity contribution is -0.133. The van der Waals surface area contributed by atoms with Crippen molar-refractivity contribution in [3.63, 3.8) is 0 Å². The van der Waals surface area contributed by atoms with Crippen LogP contribution >= 0.6 is 0 Å². The van der Waals surface area contributed by atoms with Gasteiger partial charge >= 0.3 is 6.09 Å². The fraction of sp³-hybridized carbons (Fsp3) is 0.304. The van der Waals surface area contributed by atoms with E-state index in [0.717, 1.165) is 9.87 Å². The number of aryl methyl sites for hydroxylation is 2. The van der Waals surface area contributed by atoms with Gasteiger partial charge in [-0.25, -0.2) is 23.1 Å².